The molecule has 6 nitrogen and oxygen atoms in total. The number of oxazole rings is 1. The maximum atomic E-state index is 8.62. The Hall–Kier alpha value is -2.24. The van der Waals surface area contributed by atoms with E-state index in [4.69, 9.17) is 15.4 Å². The summed E-state index contributed by atoms with van der Waals surface area (Å²) in [6, 6.07) is 8.23. The van der Waals surface area contributed by atoms with Crippen molar-refractivity contribution in [2.45, 2.75) is 20.3 Å². The number of benzene rings is 1. The number of aromatic nitrogens is 1. The SMILES string of the molecule is CC(C)CN(CCC(N)=NO)c1nc2ccccc2o1. The summed E-state index contributed by atoms with van der Waals surface area (Å²) in [6.45, 7) is 5.64. The number of nitrogens with two attached hydrogens (primary N) is 1. The van der Waals surface area contributed by atoms with Gasteiger partial charge < -0.3 is 20.3 Å². The van der Waals surface area contributed by atoms with Crippen LogP contribution in [0.4, 0.5) is 6.01 Å². The molecule has 0 aliphatic heterocycles. The van der Waals surface area contributed by atoms with Crippen LogP contribution in [-0.2, 0) is 0 Å². The normalized spacial score (nSPS) is 12.2. The number of anilines is 1. The number of hydrogen-bond donors (Lipinski definition) is 2. The summed E-state index contributed by atoms with van der Waals surface area (Å²) in [5, 5.41) is 11.6. The van der Waals surface area contributed by atoms with E-state index in [-0.39, 0.29) is 5.84 Å². The van der Waals surface area contributed by atoms with Crippen molar-refractivity contribution in [3.8, 4) is 0 Å². The molecule has 0 radical (unpaired) electrons. The lowest BCUT2D eigenvalue weighted by Gasteiger charge is -2.22. The van der Waals surface area contributed by atoms with Gasteiger partial charge in [-0.1, -0.05) is 31.1 Å². The molecule has 6 heteroatoms. The van der Waals surface area contributed by atoms with Gasteiger partial charge in [0.15, 0.2) is 5.58 Å². The second kappa shape index (κ2) is 6.27. The molecule has 1 heterocycles. The topological polar surface area (TPSA) is 87.9 Å². The average Bonchev–Trinajstić information content (AvgIpc) is 2.86. The van der Waals surface area contributed by atoms with Gasteiger partial charge in [0.2, 0.25) is 0 Å². The number of nitrogens with zero attached hydrogens (tertiary/aromatic N) is 3. The van der Waals surface area contributed by atoms with E-state index in [9.17, 15) is 0 Å². The van der Waals surface area contributed by atoms with E-state index in [1.54, 1.807) is 0 Å². The lowest BCUT2D eigenvalue weighted by atomic mass is 10.2. The Morgan fingerprint density at radius 3 is 2.85 bits per heavy atom. The van der Waals surface area contributed by atoms with E-state index < -0.39 is 0 Å². The lowest BCUT2D eigenvalue weighted by molar-refractivity contribution is 0.317. The molecule has 0 saturated carbocycles. The molecule has 0 atom stereocenters. The Balaban J connectivity index is 2.20. The van der Waals surface area contributed by atoms with Gasteiger partial charge in [0.1, 0.15) is 11.4 Å². The molecule has 1 aromatic heterocycles. The zero-order chi connectivity index (χ0) is 14.5. The first-order valence-electron chi connectivity index (χ1n) is 6.67. The highest BCUT2D eigenvalue weighted by atomic mass is 16.4. The Bertz CT molecular complexity index is 559. The number of hydrogen-bond acceptors (Lipinski definition) is 5. The van der Waals surface area contributed by atoms with Crippen LogP contribution < -0.4 is 10.6 Å². The summed E-state index contributed by atoms with van der Waals surface area (Å²) in [6.07, 6.45) is 0.460. The van der Waals surface area contributed by atoms with Crippen molar-refractivity contribution in [1.82, 2.24) is 4.98 Å². The molecular weight excluding hydrogens is 256 g/mol. The average molecular weight is 276 g/mol. The van der Waals surface area contributed by atoms with E-state index in [1.165, 1.54) is 0 Å². The van der Waals surface area contributed by atoms with E-state index in [2.05, 4.69) is 24.0 Å². The van der Waals surface area contributed by atoms with Gasteiger partial charge in [-0.05, 0) is 18.1 Å². The van der Waals surface area contributed by atoms with Gasteiger partial charge in [-0.25, -0.2) is 0 Å². The summed E-state index contributed by atoms with van der Waals surface area (Å²) < 4.78 is 5.77. The van der Waals surface area contributed by atoms with Crippen molar-refractivity contribution >= 4 is 22.9 Å². The predicted octanol–water partition coefficient (Wildman–Crippen LogP) is 2.43. The Kier molecular flexibility index (Phi) is 4.45. The van der Waals surface area contributed by atoms with Gasteiger partial charge in [0, 0.05) is 19.5 Å². The van der Waals surface area contributed by atoms with Gasteiger partial charge in [0.25, 0.3) is 6.01 Å². The van der Waals surface area contributed by atoms with Crippen LogP contribution in [0.5, 0.6) is 0 Å². The third kappa shape index (κ3) is 3.40. The second-order valence-electron chi connectivity index (χ2n) is 5.15. The molecule has 0 spiro atoms. The Labute approximate surface area is 117 Å². The van der Waals surface area contributed by atoms with Gasteiger partial charge in [-0.3, -0.25) is 0 Å². The van der Waals surface area contributed by atoms with Gasteiger partial charge >= 0.3 is 0 Å². The zero-order valence-electron chi connectivity index (χ0n) is 11.8. The van der Waals surface area contributed by atoms with Crippen LogP contribution >= 0.6 is 0 Å². The third-order valence-corrected chi connectivity index (χ3v) is 2.90. The molecule has 0 amide bonds. The van der Waals surface area contributed by atoms with Crippen LogP contribution in [0.25, 0.3) is 11.1 Å². The third-order valence-electron chi connectivity index (χ3n) is 2.90. The molecule has 0 unspecified atom stereocenters. The summed E-state index contributed by atoms with van der Waals surface area (Å²) in [4.78, 5) is 6.50. The molecule has 2 aromatic rings. The van der Waals surface area contributed by atoms with E-state index in [0.29, 0.717) is 24.9 Å². The molecule has 0 fully saturated rings. The molecule has 0 aliphatic carbocycles. The summed E-state index contributed by atoms with van der Waals surface area (Å²) in [7, 11) is 0. The minimum absolute atomic E-state index is 0.204. The highest BCUT2D eigenvalue weighted by Crippen LogP contribution is 2.22. The summed E-state index contributed by atoms with van der Waals surface area (Å²) >= 11 is 0. The number of rotatable bonds is 6. The molecular formula is C14H20N4O2. The van der Waals surface area contributed by atoms with E-state index in [1.807, 2.05) is 29.2 Å². The van der Waals surface area contributed by atoms with E-state index >= 15 is 0 Å². The zero-order valence-corrected chi connectivity index (χ0v) is 11.8. The Morgan fingerprint density at radius 1 is 1.45 bits per heavy atom. The van der Waals surface area contributed by atoms with E-state index in [0.717, 1.165) is 17.6 Å². The smallest absolute Gasteiger partial charge is 0.298 e. The number of fused-ring (bicyclic) bond motifs is 1. The number of amidine groups is 1. The molecule has 2 rings (SSSR count). The molecule has 20 heavy (non-hydrogen) atoms. The molecule has 0 saturated heterocycles. The van der Waals surface area contributed by atoms with Crippen molar-refractivity contribution in [2.24, 2.45) is 16.8 Å². The first-order chi connectivity index (χ1) is 9.60. The maximum Gasteiger partial charge on any atom is 0.298 e. The van der Waals surface area contributed by atoms with Gasteiger partial charge in [-0.15, -0.1) is 0 Å². The van der Waals surface area contributed by atoms with Crippen LogP contribution in [0, 0.1) is 5.92 Å². The Morgan fingerprint density at radius 2 is 2.20 bits per heavy atom. The van der Waals surface area contributed by atoms with Crippen molar-refractivity contribution < 1.29 is 9.62 Å². The van der Waals surface area contributed by atoms with Gasteiger partial charge in [-0.2, -0.15) is 4.98 Å². The fourth-order valence-corrected chi connectivity index (χ4v) is 2.00. The standard InChI is InChI=1S/C14H20N4O2/c1-10(2)9-18(8-7-13(15)17-19)14-16-11-5-3-4-6-12(11)20-14/h3-6,10,19H,7-9H2,1-2H3,(H2,15,17). The first kappa shape index (κ1) is 14.2. The van der Waals surface area contributed by atoms with Gasteiger partial charge in [0.05, 0.1) is 0 Å². The molecule has 1 aromatic carbocycles. The molecule has 108 valence electrons. The van der Waals surface area contributed by atoms with Crippen LogP contribution in [0.1, 0.15) is 20.3 Å². The summed E-state index contributed by atoms with van der Waals surface area (Å²) in [5.41, 5.74) is 7.12. The predicted molar refractivity (Wildman–Crippen MR) is 79.1 cm³/mol. The molecule has 0 bridgehead atoms. The quantitative estimate of drug-likeness (QED) is 0.366. The fraction of sp³-hybridized carbons (Fsp3) is 0.429. The second-order valence-corrected chi connectivity index (χ2v) is 5.15. The minimum atomic E-state index is 0.204. The monoisotopic (exact) mass is 276 g/mol. The minimum Gasteiger partial charge on any atom is -0.423 e. The first-order valence-corrected chi connectivity index (χ1v) is 6.67. The van der Waals surface area contributed by atoms with Crippen molar-refractivity contribution in [3.63, 3.8) is 0 Å². The van der Waals surface area contributed by atoms with Crippen LogP contribution in [0.2, 0.25) is 0 Å². The maximum absolute atomic E-state index is 8.62. The highest BCUT2D eigenvalue weighted by molar-refractivity contribution is 5.80. The number of oxime groups is 1. The molecule has 0 aliphatic rings. The molecule has 3 N–H and O–H groups in total. The fourth-order valence-electron chi connectivity index (χ4n) is 2.00. The number of para-hydroxylation sites is 2. The van der Waals surface area contributed by atoms with Crippen LogP contribution in [0.15, 0.2) is 33.8 Å². The van der Waals surface area contributed by atoms with Crippen LogP contribution in [0.3, 0.4) is 0 Å². The summed E-state index contributed by atoms with van der Waals surface area (Å²) in [5.74, 6) is 0.659. The lowest BCUT2D eigenvalue weighted by Crippen LogP contribution is -2.31. The van der Waals surface area contributed by atoms with Crippen LogP contribution in [-0.4, -0.2) is 29.1 Å². The largest absolute Gasteiger partial charge is 0.423 e. The van der Waals surface area contributed by atoms with Crippen molar-refractivity contribution in [3.05, 3.63) is 24.3 Å². The van der Waals surface area contributed by atoms with Crippen molar-refractivity contribution in [1.29, 1.82) is 0 Å². The van der Waals surface area contributed by atoms with Crippen molar-refractivity contribution in [2.75, 3.05) is 18.0 Å². The highest BCUT2D eigenvalue weighted by Gasteiger charge is 2.15.